The van der Waals surface area contributed by atoms with E-state index in [0.717, 1.165) is 6.08 Å². The van der Waals surface area contributed by atoms with E-state index in [1.807, 2.05) is 0 Å². The molecule has 4 rings (SSSR count). The highest BCUT2D eigenvalue weighted by atomic mass is 35.5. The largest absolute Gasteiger partial charge is 0.452 e. The number of ether oxygens (including phenoxy) is 1. The summed E-state index contributed by atoms with van der Waals surface area (Å²) >= 11 is 6.42. The number of aryl methyl sites for hydroxylation is 1. The molecule has 35 heavy (non-hydrogen) atoms. The standard InChI is InChI=1S/C25H22ClFN4O4/c1-15-13-22(32)28-20-5-3-4-6-21(20)30(15)23(33)14-35-24(34)12-11-19-16(2)29-31(25(19)26)18-9-7-17(27)8-10-18/h3-12,15H,13-14H2,1-2H3,(H,28,32)/b12-11+. The van der Waals surface area contributed by atoms with Gasteiger partial charge in [-0.1, -0.05) is 23.7 Å². The van der Waals surface area contributed by atoms with Crippen molar-refractivity contribution in [2.75, 3.05) is 16.8 Å². The summed E-state index contributed by atoms with van der Waals surface area (Å²) in [5.41, 5.74) is 2.65. The molecule has 2 amide bonds. The van der Waals surface area contributed by atoms with Crippen molar-refractivity contribution in [1.82, 2.24) is 9.78 Å². The lowest BCUT2D eigenvalue weighted by Crippen LogP contribution is -2.41. The van der Waals surface area contributed by atoms with E-state index in [-0.39, 0.29) is 23.3 Å². The van der Waals surface area contributed by atoms with E-state index in [1.54, 1.807) is 38.1 Å². The van der Waals surface area contributed by atoms with Crippen LogP contribution in [0.5, 0.6) is 0 Å². The van der Waals surface area contributed by atoms with Crippen molar-refractivity contribution in [2.24, 2.45) is 0 Å². The molecule has 2 heterocycles. The molecule has 1 atom stereocenters. The van der Waals surface area contributed by atoms with Crippen molar-refractivity contribution < 1.29 is 23.5 Å². The van der Waals surface area contributed by atoms with Gasteiger partial charge in [0.2, 0.25) is 5.91 Å². The van der Waals surface area contributed by atoms with Crippen LogP contribution >= 0.6 is 11.6 Å². The lowest BCUT2D eigenvalue weighted by molar-refractivity contribution is -0.143. The number of amides is 2. The number of carbonyl (C=O) groups is 3. The van der Waals surface area contributed by atoms with Crippen LogP contribution in [0, 0.1) is 12.7 Å². The first-order valence-electron chi connectivity index (χ1n) is 10.8. The maximum absolute atomic E-state index is 13.2. The number of hydrogen-bond acceptors (Lipinski definition) is 5. The van der Waals surface area contributed by atoms with Gasteiger partial charge in [-0.05, 0) is 56.3 Å². The topological polar surface area (TPSA) is 93.5 Å². The highest BCUT2D eigenvalue weighted by Crippen LogP contribution is 2.31. The van der Waals surface area contributed by atoms with Gasteiger partial charge < -0.3 is 15.0 Å². The van der Waals surface area contributed by atoms with Crippen LogP contribution in [0.1, 0.15) is 24.6 Å². The third kappa shape index (κ3) is 5.25. The Labute approximate surface area is 205 Å². The van der Waals surface area contributed by atoms with Crippen LogP contribution < -0.4 is 10.2 Å². The number of para-hydroxylation sites is 2. The van der Waals surface area contributed by atoms with Gasteiger partial charge in [-0.25, -0.2) is 13.9 Å². The smallest absolute Gasteiger partial charge is 0.331 e. The molecule has 3 aromatic rings. The fourth-order valence-corrected chi connectivity index (χ4v) is 4.16. The molecule has 1 aliphatic rings. The maximum atomic E-state index is 13.2. The third-order valence-electron chi connectivity index (χ3n) is 5.47. The number of nitrogens with one attached hydrogen (secondary N) is 1. The summed E-state index contributed by atoms with van der Waals surface area (Å²) in [4.78, 5) is 38.8. The predicted octanol–water partition coefficient (Wildman–Crippen LogP) is 4.29. The first kappa shape index (κ1) is 24.2. The Kier molecular flexibility index (Phi) is 6.97. The first-order valence-corrected chi connectivity index (χ1v) is 11.2. The van der Waals surface area contributed by atoms with E-state index in [1.165, 1.54) is 39.9 Å². The number of carbonyl (C=O) groups excluding carboxylic acids is 3. The van der Waals surface area contributed by atoms with Gasteiger partial charge in [-0.15, -0.1) is 0 Å². The monoisotopic (exact) mass is 496 g/mol. The number of halogens is 2. The Bertz CT molecular complexity index is 1320. The number of fused-ring (bicyclic) bond motifs is 1. The van der Waals surface area contributed by atoms with E-state index >= 15 is 0 Å². The summed E-state index contributed by atoms with van der Waals surface area (Å²) in [7, 11) is 0. The van der Waals surface area contributed by atoms with Crippen molar-refractivity contribution >= 4 is 46.8 Å². The highest BCUT2D eigenvalue weighted by molar-refractivity contribution is 6.31. The Balaban J connectivity index is 1.44. The van der Waals surface area contributed by atoms with Crippen molar-refractivity contribution in [3.63, 3.8) is 0 Å². The van der Waals surface area contributed by atoms with Gasteiger partial charge in [-0.3, -0.25) is 9.59 Å². The molecule has 0 saturated heterocycles. The predicted molar refractivity (Wildman–Crippen MR) is 130 cm³/mol. The van der Waals surface area contributed by atoms with Gasteiger partial charge in [0, 0.05) is 24.1 Å². The summed E-state index contributed by atoms with van der Waals surface area (Å²) < 4.78 is 19.8. The van der Waals surface area contributed by atoms with Crippen LogP contribution in [0.3, 0.4) is 0 Å². The molecule has 1 aromatic heterocycles. The summed E-state index contributed by atoms with van der Waals surface area (Å²) in [6, 6.07) is 12.2. The summed E-state index contributed by atoms with van der Waals surface area (Å²) in [6.07, 6.45) is 2.72. The molecule has 8 nitrogen and oxygen atoms in total. The van der Waals surface area contributed by atoms with Crippen molar-refractivity contribution in [3.05, 3.63) is 76.8 Å². The van der Waals surface area contributed by atoms with Crippen molar-refractivity contribution in [1.29, 1.82) is 0 Å². The van der Waals surface area contributed by atoms with E-state index < -0.39 is 24.5 Å². The number of benzene rings is 2. The van der Waals surface area contributed by atoms with E-state index in [2.05, 4.69) is 10.4 Å². The molecule has 1 N–H and O–H groups in total. The minimum absolute atomic E-state index is 0.115. The zero-order valence-corrected chi connectivity index (χ0v) is 19.8. The molecule has 2 aromatic carbocycles. The van der Waals surface area contributed by atoms with Crippen LogP contribution in [0.15, 0.2) is 54.6 Å². The fraction of sp³-hybridized carbons (Fsp3) is 0.200. The lowest BCUT2D eigenvalue weighted by Gasteiger charge is -2.27. The minimum atomic E-state index is -0.742. The van der Waals surface area contributed by atoms with Crippen LogP contribution in [0.4, 0.5) is 15.8 Å². The highest BCUT2D eigenvalue weighted by Gasteiger charge is 2.30. The molecule has 10 heteroatoms. The number of anilines is 2. The molecule has 1 unspecified atom stereocenters. The molecule has 0 radical (unpaired) electrons. The number of esters is 1. The SMILES string of the molecule is Cc1nn(-c2ccc(F)cc2)c(Cl)c1/C=C/C(=O)OCC(=O)N1c2ccccc2NC(=O)CC1C. The minimum Gasteiger partial charge on any atom is -0.452 e. The Morgan fingerprint density at radius 1 is 1.23 bits per heavy atom. The molecule has 180 valence electrons. The van der Waals surface area contributed by atoms with Gasteiger partial charge in [0.05, 0.1) is 22.8 Å². The summed E-state index contributed by atoms with van der Waals surface area (Å²) in [5.74, 6) is -1.78. The fourth-order valence-electron chi connectivity index (χ4n) is 3.82. The van der Waals surface area contributed by atoms with Gasteiger partial charge in [0.1, 0.15) is 11.0 Å². The van der Waals surface area contributed by atoms with Crippen LogP contribution in [0.25, 0.3) is 11.8 Å². The molecule has 0 bridgehead atoms. The molecule has 0 aliphatic carbocycles. The van der Waals surface area contributed by atoms with Crippen molar-refractivity contribution in [3.8, 4) is 5.69 Å². The lowest BCUT2D eigenvalue weighted by atomic mass is 10.1. The average Bonchev–Trinajstić information content (AvgIpc) is 3.02. The Morgan fingerprint density at radius 3 is 2.69 bits per heavy atom. The normalized spacial score (nSPS) is 15.5. The van der Waals surface area contributed by atoms with Gasteiger partial charge in [0.25, 0.3) is 5.91 Å². The summed E-state index contributed by atoms with van der Waals surface area (Å²) in [5, 5.41) is 7.35. The number of aromatic nitrogens is 2. The molecule has 0 saturated carbocycles. The molecule has 0 spiro atoms. The second-order valence-corrected chi connectivity index (χ2v) is 8.36. The van der Waals surface area contributed by atoms with E-state index in [0.29, 0.717) is 28.3 Å². The summed E-state index contributed by atoms with van der Waals surface area (Å²) in [6.45, 7) is 2.97. The Hall–Kier alpha value is -3.98. The van der Waals surface area contributed by atoms with Crippen LogP contribution in [0.2, 0.25) is 5.15 Å². The quantitative estimate of drug-likeness (QED) is 0.420. The van der Waals surface area contributed by atoms with Gasteiger partial charge in [0.15, 0.2) is 6.61 Å². The number of rotatable bonds is 5. The van der Waals surface area contributed by atoms with Gasteiger partial charge >= 0.3 is 5.97 Å². The second-order valence-electron chi connectivity index (χ2n) is 8.00. The molecule has 1 aliphatic heterocycles. The number of hydrogen-bond donors (Lipinski definition) is 1. The maximum Gasteiger partial charge on any atom is 0.331 e. The van der Waals surface area contributed by atoms with E-state index in [4.69, 9.17) is 16.3 Å². The number of nitrogens with zero attached hydrogens (tertiary/aromatic N) is 3. The first-order chi connectivity index (χ1) is 16.7. The molecule has 0 fully saturated rings. The van der Waals surface area contributed by atoms with E-state index in [9.17, 15) is 18.8 Å². The zero-order valence-electron chi connectivity index (χ0n) is 19.0. The van der Waals surface area contributed by atoms with Crippen LogP contribution in [-0.4, -0.2) is 40.2 Å². The average molecular weight is 497 g/mol. The molecular weight excluding hydrogens is 475 g/mol. The van der Waals surface area contributed by atoms with Gasteiger partial charge in [-0.2, -0.15) is 5.10 Å². The Morgan fingerprint density at radius 2 is 1.94 bits per heavy atom. The third-order valence-corrected chi connectivity index (χ3v) is 5.83. The van der Waals surface area contributed by atoms with Crippen LogP contribution in [-0.2, 0) is 19.1 Å². The second kappa shape index (κ2) is 10.1. The zero-order chi connectivity index (χ0) is 25.1. The van der Waals surface area contributed by atoms with Crippen molar-refractivity contribution in [2.45, 2.75) is 26.3 Å². The molecular formula is C25H22ClFN4O4.